The number of carboxylic acid groups (broad SMARTS) is 2. The molecule has 0 atom stereocenters. The van der Waals surface area contributed by atoms with E-state index in [4.69, 9.17) is 10.2 Å². The van der Waals surface area contributed by atoms with Crippen LogP contribution in [0.25, 0.3) is 0 Å². The van der Waals surface area contributed by atoms with Crippen molar-refractivity contribution in [2.75, 3.05) is 11.5 Å². The SMILES string of the molecule is O=C(O)CCSCCC(=O)O.[Au]. The van der Waals surface area contributed by atoms with Gasteiger partial charge in [0, 0.05) is 33.9 Å². The fraction of sp³-hybridized carbons (Fsp3) is 0.667. The van der Waals surface area contributed by atoms with Gasteiger partial charge in [-0.3, -0.25) is 9.59 Å². The Kier molecular flexibility index (Phi) is 11.1. The average Bonchev–Trinajstić information content (AvgIpc) is 1.85. The smallest absolute Gasteiger partial charge is 0.304 e. The summed E-state index contributed by atoms with van der Waals surface area (Å²) in [6.45, 7) is 0. The van der Waals surface area contributed by atoms with Crippen LogP contribution in [0.2, 0.25) is 0 Å². The number of carbonyl (C=O) groups is 2. The van der Waals surface area contributed by atoms with Crippen LogP contribution in [-0.4, -0.2) is 33.7 Å². The minimum Gasteiger partial charge on any atom is -0.481 e. The van der Waals surface area contributed by atoms with Gasteiger partial charge in [-0.25, -0.2) is 0 Å². The zero-order valence-electron chi connectivity index (χ0n) is 6.25. The zero-order chi connectivity index (χ0) is 8.69. The third kappa shape index (κ3) is 12.7. The summed E-state index contributed by atoms with van der Waals surface area (Å²) in [5.74, 6) is -0.703. The normalized spacial score (nSPS) is 8.67. The van der Waals surface area contributed by atoms with Gasteiger partial charge in [0.25, 0.3) is 0 Å². The number of hydrogen-bond acceptors (Lipinski definition) is 3. The molecule has 4 nitrogen and oxygen atoms in total. The fourth-order valence-electron chi connectivity index (χ4n) is 0.421. The van der Waals surface area contributed by atoms with E-state index in [-0.39, 0.29) is 35.2 Å². The van der Waals surface area contributed by atoms with Gasteiger partial charge in [-0.2, -0.15) is 11.8 Å². The van der Waals surface area contributed by atoms with Gasteiger partial charge in [0.05, 0.1) is 12.8 Å². The Morgan fingerprint density at radius 3 is 1.58 bits per heavy atom. The maximum Gasteiger partial charge on any atom is 0.304 e. The number of hydrogen-bond donors (Lipinski definition) is 2. The van der Waals surface area contributed by atoms with Crippen molar-refractivity contribution in [3.63, 3.8) is 0 Å². The van der Waals surface area contributed by atoms with Crippen molar-refractivity contribution in [3.8, 4) is 0 Å². The largest absolute Gasteiger partial charge is 0.481 e. The summed E-state index contributed by atoms with van der Waals surface area (Å²) in [6, 6.07) is 0. The van der Waals surface area contributed by atoms with Crippen LogP contribution >= 0.6 is 11.8 Å². The summed E-state index contributed by atoms with van der Waals surface area (Å²) in [6.07, 6.45) is 0.203. The van der Waals surface area contributed by atoms with Crippen molar-refractivity contribution in [1.82, 2.24) is 0 Å². The molecule has 0 aliphatic carbocycles. The molecule has 0 aromatic carbocycles. The summed E-state index contributed by atoms with van der Waals surface area (Å²) < 4.78 is 0. The molecule has 0 bridgehead atoms. The molecule has 0 aromatic heterocycles. The van der Waals surface area contributed by atoms with Crippen LogP contribution in [-0.2, 0) is 32.0 Å². The topological polar surface area (TPSA) is 74.6 Å². The predicted molar refractivity (Wildman–Crippen MR) is 41.8 cm³/mol. The standard InChI is InChI=1S/C6H10O4S.Au/c7-5(8)1-3-11-4-2-6(9)10;/h1-4H2,(H,7,8)(H,9,10);. The van der Waals surface area contributed by atoms with Crippen LogP contribution in [0.4, 0.5) is 0 Å². The van der Waals surface area contributed by atoms with E-state index in [0.29, 0.717) is 11.5 Å². The molecule has 0 spiro atoms. The van der Waals surface area contributed by atoms with Crippen molar-refractivity contribution in [2.45, 2.75) is 12.8 Å². The van der Waals surface area contributed by atoms with Crippen LogP contribution in [0.3, 0.4) is 0 Å². The Labute approximate surface area is 90.2 Å². The molecule has 0 rings (SSSR count). The molecular weight excluding hydrogens is 365 g/mol. The number of aliphatic carboxylic acids is 2. The Hall–Kier alpha value is 0.0303. The predicted octanol–water partition coefficient (Wildman–Crippen LogP) is 0.667. The van der Waals surface area contributed by atoms with Crippen LogP contribution in [0.15, 0.2) is 0 Å². The van der Waals surface area contributed by atoms with E-state index < -0.39 is 11.9 Å². The Morgan fingerprint density at radius 2 is 1.33 bits per heavy atom. The maximum atomic E-state index is 9.97. The molecule has 2 N–H and O–H groups in total. The first kappa shape index (κ1) is 14.5. The quantitative estimate of drug-likeness (QED) is 0.527. The van der Waals surface area contributed by atoms with E-state index in [0.717, 1.165) is 0 Å². The molecule has 75 valence electrons. The fourth-order valence-corrected chi connectivity index (χ4v) is 1.26. The third-order valence-electron chi connectivity index (χ3n) is 0.921. The van der Waals surface area contributed by atoms with Crippen molar-refractivity contribution in [1.29, 1.82) is 0 Å². The average molecular weight is 375 g/mol. The number of carboxylic acids is 2. The minimum absolute atomic E-state index is 0. The molecule has 6 heteroatoms. The third-order valence-corrected chi connectivity index (χ3v) is 1.91. The molecule has 1 radical (unpaired) electrons. The van der Waals surface area contributed by atoms with Gasteiger partial charge in [0.2, 0.25) is 0 Å². The minimum atomic E-state index is -0.840. The summed E-state index contributed by atoms with van der Waals surface area (Å²) in [7, 11) is 0. The van der Waals surface area contributed by atoms with E-state index in [1.807, 2.05) is 0 Å². The molecule has 0 aliphatic rings. The van der Waals surface area contributed by atoms with E-state index in [1.54, 1.807) is 0 Å². The number of rotatable bonds is 6. The summed E-state index contributed by atoms with van der Waals surface area (Å²) in [5, 5.41) is 16.4. The zero-order valence-corrected chi connectivity index (χ0v) is 9.23. The molecule has 0 aliphatic heterocycles. The first-order chi connectivity index (χ1) is 5.13. The first-order valence-electron chi connectivity index (χ1n) is 3.14. The van der Waals surface area contributed by atoms with Crippen molar-refractivity contribution in [3.05, 3.63) is 0 Å². The van der Waals surface area contributed by atoms with Crippen LogP contribution in [0.5, 0.6) is 0 Å². The van der Waals surface area contributed by atoms with Crippen molar-refractivity contribution in [2.24, 2.45) is 0 Å². The Bertz CT molecular complexity index is 134. The summed E-state index contributed by atoms with van der Waals surface area (Å²) in [4.78, 5) is 19.9. The molecule has 0 aromatic rings. The Balaban J connectivity index is 0. The van der Waals surface area contributed by atoms with Crippen molar-refractivity contribution >= 4 is 23.7 Å². The molecular formula is C6H10AuO4S. The van der Waals surface area contributed by atoms with Crippen LogP contribution in [0, 0.1) is 0 Å². The monoisotopic (exact) mass is 375 g/mol. The second kappa shape index (κ2) is 9.12. The van der Waals surface area contributed by atoms with Gasteiger partial charge in [-0.15, -0.1) is 0 Å². The molecule has 0 heterocycles. The summed E-state index contributed by atoms with van der Waals surface area (Å²) >= 11 is 1.35. The molecule has 0 amide bonds. The van der Waals surface area contributed by atoms with E-state index in [9.17, 15) is 9.59 Å². The summed E-state index contributed by atoms with van der Waals surface area (Å²) in [5.41, 5.74) is 0. The number of thioether (sulfide) groups is 1. The van der Waals surface area contributed by atoms with Gasteiger partial charge >= 0.3 is 11.9 Å². The van der Waals surface area contributed by atoms with Gasteiger partial charge in [-0.05, 0) is 0 Å². The molecule has 0 saturated carbocycles. The van der Waals surface area contributed by atoms with Gasteiger partial charge in [0.1, 0.15) is 0 Å². The molecule has 0 unspecified atom stereocenters. The molecule has 0 fully saturated rings. The molecule has 12 heavy (non-hydrogen) atoms. The van der Waals surface area contributed by atoms with Crippen LogP contribution in [0.1, 0.15) is 12.8 Å². The van der Waals surface area contributed by atoms with E-state index in [2.05, 4.69) is 0 Å². The van der Waals surface area contributed by atoms with Gasteiger partial charge < -0.3 is 10.2 Å². The van der Waals surface area contributed by atoms with E-state index >= 15 is 0 Å². The Morgan fingerprint density at radius 1 is 1.00 bits per heavy atom. The molecule has 0 saturated heterocycles. The van der Waals surface area contributed by atoms with Crippen LogP contribution < -0.4 is 0 Å². The second-order valence-electron chi connectivity index (χ2n) is 1.90. The van der Waals surface area contributed by atoms with Crippen molar-refractivity contribution < 1.29 is 42.2 Å². The maximum absolute atomic E-state index is 9.97. The van der Waals surface area contributed by atoms with E-state index in [1.165, 1.54) is 11.8 Å². The van der Waals surface area contributed by atoms with Gasteiger partial charge in [0.15, 0.2) is 0 Å². The first-order valence-corrected chi connectivity index (χ1v) is 4.29. The van der Waals surface area contributed by atoms with Gasteiger partial charge in [-0.1, -0.05) is 0 Å². The second-order valence-corrected chi connectivity index (χ2v) is 3.12.